The van der Waals surface area contributed by atoms with Gasteiger partial charge in [0.1, 0.15) is 0 Å². The maximum atomic E-state index is 12.0. The van der Waals surface area contributed by atoms with Crippen LogP contribution < -0.4 is 0 Å². The second-order valence-corrected chi connectivity index (χ2v) is 5.79. The van der Waals surface area contributed by atoms with Gasteiger partial charge in [0.2, 0.25) is 5.91 Å². The quantitative estimate of drug-likeness (QED) is 0.753. The first-order valence-electron chi connectivity index (χ1n) is 8.01. The monoisotopic (exact) mass is 284 g/mol. The van der Waals surface area contributed by atoms with E-state index in [1.807, 2.05) is 4.90 Å². The molecule has 0 aromatic heterocycles. The Morgan fingerprint density at radius 3 is 2.75 bits per heavy atom. The van der Waals surface area contributed by atoms with Crippen LogP contribution in [0.1, 0.15) is 38.5 Å². The van der Waals surface area contributed by atoms with Crippen molar-refractivity contribution >= 4 is 5.91 Å². The molecule has 20 heavy (non-hydrogen) atoms. The maximum absolute atomic E-state index is 12.0. The van der Waals surface area contributed by atoms with Crippen molar-refractivity contribution in [2.45, 2.75) is 44.6 Å². The van der Waals surface area contributed by atoms with Crippen molar-refractivity contribution in [1.29, 1.82) is 0 Å². The summed E-state index contributed by atoms with van der Waals surface area (Å²) in [5.74, 6) is 0.277. The van der Waals surface area contributed by atoms with Gasteiger partial charge in [-0.1, -0.05) is 0 Å². The minimum atomic E-state index is 0.277. The van der Waals surface area contributed by atoms with Gasteiger partial charge in [-0.15, -0.1) is 0 Å². The third-order valence-corrected chi connectivity index (χ3v) is 4.39. The van der Waals surface area contributed by atoms with Gasteiger partial charge in [-0.2, -0.15) is 0 Å². The fraction of sp³-hybridized carbons (Fsp3) is 0.933. The molecule has 1 amide bonds. The first-order valence-corrected chi connectivity index (χ1v) is 8.01. The number of carbonyl (C=O) groups is 1. The smallest absolute Gasteiger partial charge is 0.222 e. The van der Waals surface area contributed by atoms with Gasteiger partial charge in [0.15, 0.2) is 0 Å². The number of rotatable bonds is 7. The number of morpholine rings is 1. The molecular weight excluding hydrogens is 256 g/mol. The average Bonchev–Trinajstić information content (AvgIpc) is 2.93. The Morgan fingerprint density at radius 1 is 1.20 bits per heavy atom. The number of nitrogens with zero attached hydrogens (tertiary/aromatic N) is 2. The molecule has 1 N–H and O–H groups in total. The molecule has 0 spiro atoms. The lowest BCUT2D eigenvalue weighted by Crippen LogP contribution is -2.41. The van der Waals surface area contributed by atoms with Gasteiger partial charge >= 0.3 is 0 Å². The van der Waals surface area contributed by atoms with Crippen molar-refractivity contribution in [3.8, 4) is 0 Å². The summed E-state index contributed by atoms with van der Waals surface area (Å²) >= 11 is 0. The SMILES string of the molecule is O=C(CCCN1CCCC1CCCO)N1CCOCC1. The second kappa shape index (κ2) is 8.60. The molecule has 1 unspecified atom stereocenters. The number of amides is 1. The fourth-order valence-corrected chi connectivity index (χ4v) is 3.25. The molecule has 5 heteroatoms. The van der Waals surface area contributed by atoms with Crippen LogP contribution in [0.5, 0.6) is 0 Å². The van der Waals surface area contributed by atoms with Crippen LogP contribution in [0.3, 0.4) is 0 Å². The summed E-state index contributed by atoms with van der Waals surface area (Å²) in [5, 5.41) is 8.93. The molecule has 0 saturated carbocycles. The highest BCUT2D eigenvalue weighted by molar-refractivity contribution is 5.76. The van der Waals surface area contributed by atoms with Crippen molar-refractivity contribution in [2.75, 3.05) is 46.0 Å². The molecule has 2 rings (SSSR count). The van der Waals surface area contributed by atoms with Crippen LogP contribution in [0.15, 0.2) is 0 Å². The third-order valence-electron chi connectivity index (χ3n) is 4.39. The largest absolute Gasteiger partial charge is 0.396 e. The lowest BCUT2D eigenvalue weighted by atomic mass is 10.1. The molecule has 2 aliphatic heterocycles. The molecule has 2 saturated heterocycles. The number of hydrogen-bond acceptors (Lipinski definition) is 4. The van der Waals surface area contributed by atoms with Crippen molar-refractivity contribution in [2.24, 2.45) is 0 Å². The first-order chi connectivity index (χ1) is 9.81. The van der Waals surface area contributed by atoms with Crippen molar-refractivity contribution in [3.63, 3.8) is 0 Å². The lowest BCUT2D eigenvalue weighted by molar-refractivity contribution is -0.135. The van der Waals surface area contributed by atoms with E-state index in [0.717, 1.165) is 45.4 Å². The molecule has 116 valence electrons. The van der Waals surface area contributed by atoms with Crippen LogP contribution in [-0.4, -0.2) is 72.9 Å². The molecule has 2 aliphatic rings. The average molecular weight is 284 g/mol. The standard InChI is InChI=1S/C15H28N2O3/c18-11-3-5-14-4-1-7-16(14)8-2-6-15(19)17-9-12-20-13-10-17/h14,18H,1-13H2. The predicted molar refractivity (Wildman–Crippen MR) is 77.5 cm³/mol. The minimum absolute atomic E-state index is 0.277. The topological polar surface area (TPSA) is 53.0 Å². The van der Waals surface area contributed by atoms with Gasteiger partial charge in [0.25, 0.3) is 0 Å². The molecular formula is C15H28N2O3. The molecule has 0 bridgehead atoms. The summed E-state index contributed by atoms with van der Waals surface area (Å²) in [7, 11) is 0. The highest BCUT2D eigenvalue weighted by Gasteiger charge is 2.24. The van der Waals surface area contributed by atoms with E-state index in [0.29, 0.717) is 32.3 Å². The number of likely N-dealkylation sites (tertiary alicyclic amines) is 1. The zero-order valence-electron chi connectivity index (χ0n) is 12.4. The number of carbonyl (C=O) groups excluding carboxylic acids is 1. The predicted octanol–water partition coefficient (Wildman–Crippen LogP) is 0.862. The molecule has 0 radical (unpaired) electrons. The normalized spacial score (nSPS) is 24.2. The van der Waals surface area contributed by atoms with E-state index in [2.05, 4.69) is 4.90 Å². The van der Waals surface area contributed by atoms with Crippen LogP contribution in [0.25, 0.3) is 0 Å². The van der Waals surface area contributed by atoms with E-state index in [1.165, 1.54) is 12.8 Å². The van der Waals surface area contributed by atoms with Gasteiger partial charge in [-0.25, -0.2) is 0 Å². The number of ether oxygens (including phenoxy) is 1. The first kappa shape index (κ1) is 15.7. The molecule has 0 aromatic rings. The van der Waals surface area contributed by atoms with Crippen LogP contribution in [0.2, 0.25) is 0 Å². The zero-order valence-corrected chi connectivity index (χ0v) is 12.4. The Bertz CT molecular complexity index is 293. The molecule has 0 aromatic carbocycles. The summed E-state index contributed by atoms with van der Waals surface area (Å²) in [4.78, 5) is 16.5. The molecule has 2 heterocycles. The summed E-state index contributed by atoms with van der Waals surface area (Å²) in [5.41, 5.74) is 0. The Balaban J connectivity index is 1.63. The van der Waals surface area contributed by atoms with E-state index in [1.54, 1.807) is 0 Å². The van der Waals surface area contributed by atoms with E-state index < -0.39 is 0 Å². The van der Waals surface area contributed by atoms with Crippen LogP contribution in [-0.2, 0) is 9.53 Å². The molecule has 2 fully saturated rings. The number of aliphatic hydroxyl groups excluding tert-OH is 1. The highest BCUT2D eigenvalue weighted by Crippen LogP contribution is 2.21. The van der Waals surface area contributed by atoms with E-state index in [-0.39, 0.29) is 5.91 Å². The van der Waals surface area contributed by atoms with E-state index in [9.17, 15) is 4.79 Å². The minimum Gasteiger partial charge on any atom is -0.396 e. The van der Waals surface area contributed by atoms with Crippen LogP contribution in [0, 0.1) is 0 Å². The molecule has 5 nitrogen and oxygen atoms in total. The van der Waals surface area contributed by atoms with E-state index >= 15 is 0 Å². The molecule has 1 atom stereocenters. The van der Waals surface area contributed by atoms with Gasteiger partial charge in [0, 0.05) is 32.2 Å². The van der Waals surface area contributed by atoms with Crippen molar-refractivity contribution in [1.82, 2.24) is 9.80 Å². The van der Waals surface area contributed by atoms with Gasteiger partial charge in [-0.3, -0.25) is 4.79 Å². The Morgan fingerprint density at radius 2 is 2.00 bits per heavy atom. The third kappa shape index (κ3) is 4.72. The maximum Gasteiger partial charge on any atom is 0.222 e. The summed E-state index contributed by atoms with van der Waals surface area (Å²) < 4.78 is 5.26. The lowest BCUT2D eigenvalue weighted by Gasteiger charge is -2.28. The van der Waals surface area contributed by atoms with E-state index in [4.69, 9.17) is 9.84 Å². The number of hydrogen-bond donors (Lipinski definition) is 1. The van der Waals surface area contributed by atoms with Crippen molar-refractivity contribution < 1.29 is 14.6 Å². The Kier molecular flexibility index (Phi) is 6.76. The summed E-state index contributed by atoms with van der Waals surface area (Å²) in [6.45, 7) is 5.33. The summed E-state index contributed by atoms with van der Waals surface area (Å²) in [6, 6.07) is 0.626. The number of aliphatic hydroxyl groups is 1. The highest BCUT2D eigenvalue weighted by atomic mass is 16.5. The Hall–Kier alpha value is -0.650. The fourth-order valence-electron chi connectivity index (χ4n) is 3.25. The second-order valence-electron chi connectivity index (χ2n) is 5.79. The van der Waals surface area contributed by atoms with Crippen molar-refractivity contribution in [3.05, 3.63) is 0 Å². The summed E-state index contributed by atoms with van der Waals surface area (Å²) in [6.07, 6.45) is 6.10. The van der Waals surface area contributed by atoms with Gasteiger partial charge in [0.05, 0.1) is 13.2 Å². The zero-order chi connectivity index (χ0) is 14.2. The van der Waals surface area contributed by atoms with Crippen LogP contribution in [0.4, 0.5) is 0 Å². The van der Waals surface area contributed by atoms with Crippen LogP contribution >= 0.6 is 0 Å². The van der Waals surface area contributed by atoms with Gasteiger partial charge in [-0.05, 0) is 45.2 Å². The van der Waals surface area contributed by atoms with Gasteiger partial charge < -0.3 is 19.6 Å². The Labute approximate surface area is 121 Å². The molecule has 0 aliphatic carbocycles.